The Morgan fingerprint density at radius 1 is 0.688 bits per heavy atom. The number of hydrogen-bond donors (Lipinski definition) is 0. The minimum Gasteiger partial charge on any atom is -0.470 e. The zero-order valence-corrected chi connectivity index (χ0v) is 20.0. The number of benzene rings is 2. The highest BCUT2D eigenvalue weighted by Gasteiger charge is 2.42. The van der Waals surface area contributed by atoms with Crippen LogP contribution in [0.4, 0.5) is 0 Å². The molecule has 0 N–H and O–H groups in total. The Morgan fingerprint density at radius 3 is 1.69 bits per heavy atom. The van der Waals surface area contributed by atoms with Crippen LogP contribution < -0.4 is 0 Å². The van der Waals surface area contributed by atoms with Gasteiger partial charge in [0.1, 0.15) is 35.7 Å². The lowest BCUT2D eigenvalue weighted by Gasteiger charge is -2.10. The van der Waals surface area contributed by atoms with Gasteiger partial charge in [0.2, 0.25) is 11.8 Å². The molecule has 5 nitrogen and oxygen atoms in total. The van der Waals surface area contributed by atoms with Crippen LogP contribution in [0.3, 0.4) is 0 Å². The summed E-state index contributed by atoms with van der Waals surface area (Å²) in [4.78, 5) is 14.6. The first-order chi connectivity index (χ1) is 15.6. The lowest BCUT2D eigenvalue weighted by Crippen LogP contribution is -2.17. The van der Waals surface area contributed by atoms with Crippen molar-refractivity contribution in [2.24, 2.45) is 9.98 Å². The maximum Gasteiger partial charge on any atom is 0.236 e. The number of fused-ring (bicyclic) bond motifs is 6. The normalized spacial score (nSPS) is 26.4. The molecule has 4 aliphatic rings. The molecule has 3 heterocycles. The van der Waals surface area contributed by atoms with Gasteiger partial charge in [-0.25, -0.2) is 15.0 Å². The third kappa shape index (κ3) is 2.90. The first-order valence-electron chi connectivity index (χ1n) is 10.7. The Hall–Kier alpha value is -2.51. The molecule has 0 fully saturated rings. The second-order valence-corrected chi connectivity index (χ2v) is 10.4. The van der Waals surface area contributed by atoms with Crippen molar-refractivity contribution in [3.63, 3.8) is 0 Å². The summed E-state index contributed by atoms with van der Waals surface area (Å²) >= 11 is 7.14. The predicted octanol–water partition coefficient (Wildman–Crippen LogP) is 5.49. The molecule has 0 spiro atoms. The van der Waals surface area contributed by atoms with E-state index in [0.29, 0.717) is 11.8 Å². The summed E-state index contributed by atoms with van der Waals surface area (Å²) in [5.41, 5.74) is 6.52. The summed E-state index contributed by atoms with van der Waals surface area (Å²) in [5, 5.41) is 0. The van der Waals surface area contributed by atoms with Gasteiger partial charge in [-0.1, -0.05) is 50.1 Å². The standard InChI is InChI=1S/C25H17Br2N3O2/c26-14-6-4-12-8-20-22(16(12)10-14)29-24(31-20)18-2-1-3-19(28-18)25-30-23-17-11-15(27)7-5-13(17)9-21(23)32-25/h1-7,10-11,20-23H,8-9H2/t20-,21-,22+,23+/m1/s1. The van der Waals surface area contributed by atoms with E-state index in [-0.39, 0.29) is 24.3 Å². The molecule has 2 aromatic carbocycles. The summed E-state index contributed by atoms with van der Waals surface area (Å²) < 4.78 is 14.6. The molecule has 4 atom stereocenters. The van der Waals surface area contributed by atoms with Gasteiger partial charge >= 0.3 is 0 Å². The van der Waals surface area contributed by atoms with Gasteiger partial charge in [-0.15, -0.1) is 0 Å². The highest BCUT2D eigenvalue weighted by molar-refractivity contribution is 9.10. The zero-order chi connectivity index (χ0) is 21.4. The molecule has 7 rings (SSSR count). The van der Waals surface area contributed by atoms with Crippen LogP contribution in [-0.4, -0.2) is 29.0 Å². The van der Waals surface area contributed by atoms with Crippen LogP contribution in [0.5, 0.6) is 0 Å². The number of halogens is 2. The number of pyridine rings is 1. The second-order valence-electron chi connectivity index (χ2n) is 8.57. The molecule has 0 amide bonds. The lowest BCUT2D eigenvalue weighted by atomic mass is 10.1. The molecular weight excluding hydrogens is 534 g/mol. The molecule has 1 aromatic heterocycles. The van der Waals surface area contributed by atoms with E-state index in [2.05, 4.69) is 68.3 Å². The molecule has 2 aliphatic carbocycles. The highest BCUT2D eigenvalue weighted by Crippen LogP contribution is 2.43. The number of aliphatic imine (C=N–C) groups is 2. The van der Waals surface area contributed by atoms with E-state index in [1.807, 2.05) is 18.2 Å². The maximum atomic E-state index is 6.23. The van der Waals surface area contributed by atoms with Gasteiger partial charge in [0.25, 0.3) is 0 Å². The second kappa shape index (κ2) is 6.99. The Morgan fingerprint density at radius 2 is 1.19 bits per heavy atom. The molecule has 0 bridgehead atoms. The van der Waals surface area contributed by atoms with E-state index in [0.717, 1.165) is 33.2 Å². The van der Waals surface area contributed by atoms with Crippen molar-refractivity contribution in [1.29, 1.82) is 0 Å². The van der Waals surface area contributed by atoms with Gasteiger partial charge < -0.3 is 9.47 Å². The van der Waals surface area contributed by atoms with Gasteiger partial charge in [-0.3, -0.25) is 0 Å². The number of ether oxygens (including phenoxy) is 2. The molecule has 32 heavy (non-hydrogen) atoms. The number of hydrogen-bond acceptors (Lipinski definition) is 5. The minimum atomic E-state index is 0.0253. The van der Waals surface area contributed by atoms with Crippen molar-refractivity contribution < 1.29 is 9.47 Å². The van der Waals surface area contributed by atoms with Gasteiger partial charge in [0.05, 0.1) is 0 Å². The average molecular weight is 551 g/mol. The molecule has 7 heteroatoms. The number of aromatic nitrogens is 1. The lowest BCUT2D eigenvalue weighted by molar-refractivity contribution is 0.205. The summed E-state index contributed by atoms with van der Waals surface area (Å²) in [6.07, 6.45) is 1.81. The Bertz CT molecular complexity index is 1250. The van der Waals surface area contributed by atoms with E-state index in [4.69, 9.17) is 24.4 Å². The molecule has 0 saturated heterocycles. The van der Waals surface area contributed by atoms with Crippen molar-refractivity contribution in [3.05, 3.63) is 97.2 Å². The number of nitrogens with zero attached hydrogens (tertiary/aromatic N) is 3. The summed E-state index contributed by atoms with van der Waals surface area (Å²) in [7, 11) is 0. The third-order valence-electron chi connectivity index (χ3n) is 6.63. The van der Waals surface area contributed by atoms with Crippen LogP contribution in [0.2, 0.25) is 0 Å². The largest absolute Gasteiger partial charge is 0.470 e. The third-order valence-corrected chi connectivity index (χ3v) is 7.61. The summed E-state index contributed by atoms with van der Waals surface area (Å²) in [6, 6.07) is 18.6. The molecule has 3 aromatic rings. The highest BCUT2D eigenvalue weighted by atomic mass is 79.9. The topological polar surface area (TPSA) is 56.1 Å². The fourth-order valence-electron chi connectivity index (χ4n) is 5.16. The van der Waals surface area contributed by atoms with Crippen LogP contribution in [0.25, 0.3) is 0 Å². The maximum absolute atomic E-state index is 6.23. The van der Waals surface area contributed by atoms with Crippen molar-refractivity contribution in [1.82, 2.24) is 4.98 Å². The Labute approximate surface area is 201 Å². The van der Waals surface area contributed by atoms with Crippen molar-refractivity contribution >= 4 is 43.7 Å². The first kappa shape index (κ1) is 19.0. The van der Waals surface area contributed by atoms with Crippen LogP contribution >= 0.6 is 31.9 Å². The SMILES string of the molecule is Brc1ccc2c(c1)[C@@H]1N=C(c3cccc(C4=N[C@H]5c6cc(Br)ccc6C[C@H]5O4)n3)O[C@@H]1C2. The quantitative estimate of drug-likeness (QED) is 0.424. The number of rotatable bonds is 2. The van der Waals surface area contributed by atoms with Gasteiger partial charge in [0.15, 0.2) is 0 Å². The smallest absolute Gasteiger partial charge is 0.236 e. The predicted molar refractivity (Wildman–Crippen MR) is 128 cm³/mol. The van der Waals surface area contributed by atoms with Crippen LogP contribution in [0, 0.1) is 0 Å². The Balaban J connectivity index is 1.19. The molecule has 2 aliphatic heterocycles. The van der Waals surface area contributed by atoms with Gasteiger partial charge in [-0.05, 0) is 58.7 Å². The van der Waals surface area contributed by atoms with E-state index in [1.54, 1.807) is 0 Å². The van der Waals surface area contributed by atoms with E-state index in [9.17, 15) is 0 Å². The van der Waals surface area contributed by atoms with E-state index < -0.39 is 0 Å². The van der Waals surface area contributed by atoms with E-state index in [1.165, 1.54) is 22.3 Å². The fourth-order valence-corrected chi connectivity index (χ4v) is 5.91. The van der Waals surface area contributed by atoms with Crippen LogP contribution in [0.1, 0.15) is 45.7 Å². The van der Waals surface area contributed by atoms with Crippen LogP contribution in [0.15, 0.2) is 73.5 Å². The Kier molecular flexibility index (Phi) is 4.15. The molecule has 0 saturated carbocycles. The summed E-state index contributed by atoms with van der Waals surface area (Å²) in [6.45, 7) is 0. The zero-order valence-electron chi connectivity index (χ0n) is 16.8. The molecular formula is C25H17Br2N3O2. The molecule has 0 unspecified atom stereocenters. The molecule has 0 radical (unpaired) electrons. The first-order valence-corrected chi connectivity index (χ1v) is 12.2. The van der Waals surface area contributed by atoms with Gasteiger partial charge in [0, 0.05) is 21.8 Å². The van der Waals surface area contributed by atoms with E-state index >= 15 is 0 Å². The monoisotopic (exact) mass is 549 g/mol. The summed E-state index contributed by atoms with van der Waals surface area (Å²) in [5.74, 6) is 1.20. The van der Waals surface area contributed by atoms with Crippen LogP contribution in [-0.2, 0) is 22.3 Å². The minimum absolute atomic E-state index is 0.0253. The molecule has 158 valence electrons. The van der Waals surface area contributed by atoms with Crippen molar-refractivity contribution in [2.75, 3.05) is 0 Å². The average Bonchev–Trinajstić information content (AvgIpc) is 3.53. The van der Waals surface area contributed by atoms with Crippen molar-refractivity contribution in [3.8, 4) is 0 Å². The van der Waals surface area contributed by atoms with Gasteiger partial charge in [-0.2, -0.15) is 0 Å². The fraction of sp³-hybridized carbons (Fsp3) is 0.240. The van der Waals surface area contributed by atoms with Crippen molar-refractivity contribution in [2.45, 2.75) is 37.1 Å².